The minimum absolute atomic E-state index is 0.0563. The van der Waals surface area contributed by atoms with Crippen molar-refractivity contribution in [1.29, 1.82) is 0 Å². The number of nitrogens with zero attached hydrogens (tertiary/aromatic N) is 4. The third-order valence-electron chi connectivity index (χ3n) is 4.71. The summed E-state index contributed by atoms with van der Waals surface area (Å²) in [4.78, 5) is 28.1. The van der Waals surface area contributed by atoms with Crippen molar-refractivity contribution in [3.05, 3.63) is 33.0 Å². The molecule has 10 nitrogen and oxygen atoms in total. The zero-order valence-corrected chi connectivity index (χ0v) is 16.0. The van der Waals surface area contributed by atoms with Crippen molar-refractivity contribution < 1.29 is 26.9 Å². The number of fused-ring (bicyclic) bond motifs is 3. The van der Waals surface area contributed by atoms with Crippen LogP contribution < -0.4 is 0 Å². The Morgan fingerprint density at radius 2 is 2.11 bits per heavy atom. The molecule has 0 aromatic carbocycles. The van der Waals surface area contributed by atoms with Crippen LogP contribution in [-0.4, -0.2) is 43.7 Å². The minimum Gasteiger partial charge on any atom is -0.462 e. The summed E-state index contributed by atoms with van der Waals surface area (Å²) in [5, 5.41) is 3.67. The maximum absolute atomic E-state index is 12.7. The Balaban J connectivity index is 2.22. The van der Waals surface area contributed by atoms with Crippen LogP contribution in [0, 0.1) is 5.92 Å². The highest BCUT2D eigenvalue weighted by Crippen LogP contribution is 2.43. The van der Waals surface area contributed by atoms with Crippen LogP contribution in [0.2, 0.25) is 0 Å². The lowest BCUT2D eigenvalue weighted by molar-refractivity contribution is 0.0520. The molecule has 146 valence electrons. The van der Waals surface area contributed by atoms with E-state index in [1.807, 2.05) is 6.92 Å². The molecule has 1 unspecified atom stereocenters. The van der Waals surface area contributed by atoms with Gasteiger partial charge in [0.2, 0.25) is 0 Å². The molecule has 0 saturated heterocycles. The van der Waals surface area contributed by atoms with Gasteiger partial charge in [0.15, 0.2) is 5.78 Å². The lowest BCUT2D eigenvalue weighted by atomic mass is 9.85. The molecule has 11 heteroatoms. The molecule has 0 fully saturated rings. The van der Waals surface area contributed by atoms with Crippen molar-refractivity contribution >= 4 is 21.9 Å². The van der Waals surface area contributed by atoms with Crippen LogP contribution in [0.3, 0.4) is 0 Å². The minimum atomic E-state index is -3.82. The van der Waals surface area contributed by atoms with Gasteiger partial charge in [-0.2, -0.15) is 8.42 Å². The van der Waals surface area contributed by atoms with Gasteiger partial charge in [0.25, 0.3) is 10.1 Å². The monoisotopic (exact) mass is 396 g/mol. The number of ether oxygens (including phenoxy) is 1. The predicted molar refractivity (Wildman–Crippen MR) is 93.8 cm³/mol. The average Bonchev–Trinajstić information content (AvgIpc) is 3.02. The summed E-state index contributed by atoms with van der Waals surface area (Å²) in [6.07, 6.45) is 0.762. The summed E-state index contributed by atoms with van der Waals surface area (Å²) in [7, 11) is -3.82. The van der Waals surface area contributed by atoms with E-state index in [0.717, 1.165) is 6.26 Å². The Morgan fingerprint density at radius 3 is 2.70 bits per heavy atom. The highest BCUT2D eigenvalue weighted by molar-refractivity contribution is 7.86. The largest absolute Gasteiger partial charge is 0.462 e. The second-order valence-electron chi connectivity index (χ2n) is 6.84. The quantitative estimate of drug-likeness (QED) is 0.245. The van der Waals surface area contributed by atoms with Crippen LogP contribution in [0.4, 0.5) is 0 Å². The first-order chi connectivity index (χ1) is 12.7. The number of rotatable bonds is 5. The van der Waals surface area contributed by atoms with Gasteiger partial charge in [-0.1, -0.05) is 12.0 Å². The smallest absolute Gasteiger partial charge is 0.340 e. The highest BCUT2D eigenvalue weighted by Gasteiger charge is 2.45. The van der Waals surface area contributed by atoms with Crippen molar-refractivity contribution in [3.8, 4) is 0 Å². The fraction of sp³-hybridized carbons (Fsp3) is 0.625. The molecule has 0 N–H and O–H groups in total. The molecule has 2 heterocycles. The van der Waals surface area contributed by atoms with Crippen molar-refractivity contribution in [2.24, 2.45) is 11.0 Å². The Hall–Kier alpha value is -2.36. The summed E-state index contributed by atoms with van der Waals surface area (Å²) in [6, 6.07) is -1.06. The third kappa shape index (κ3) is 3.45. The van der Waals surface area contributed by atoms with Gasteiger partial charge in [0.05, 0.1) is 30.5 Å². The number of hydrogen-bond acceptors (Lipinski definition) is 7. The Morgan fingerprint density at radius 1 is 1.41 bits per heavy atom. The van der Waals surface area contributed by atoms with E-state index in [1.165, 1.54) is 0 Å². The molecule has 1 aliphatic carbocycles. The zero-order chi connectivity index (χ0) is 19.9. The second-order valence-corrected chi connectivity index (χ2v) is 8.44. The van der Waals surface area contributed by atoms with Crippen molar-refractivity contribution in [2.75, 3.05) is 12.9 Å². The summed E-state index contributed by atoms with van der Waals surface area (Å²) in [5.74, 6) is -0.788. The number of esters is 1. The summed E-state index contributed by atoms with van der Waals surface area (Å²) < 4.78 is 35.1. The van der Waals surface area contributed by atoms with Gasteiger partial charge in [-0.15, -0.1) is 0 Å². The molecular formula is C16H20N4O6S. The van der Waals surface area contributed by atoms with E-state index in [0.29, 0.717) is 18.5 Å². The van der Waals surface area contributed by atoms with E-state index >= 15 is 0 Å². The zero-order valence-electron chi connectivity index (χ0n) is 15.2. The van der Waals surface area contributed by atoms with Gasteiger partial charge in [-0.3, -0.25) is 8.98 Å². The molecule has 0 amide bonds. The van der Waals surface area contributed by atoms with Crippen molar-refractivity contribution in [2.45, 2.75) is 45.4 Å². The molecule has 3 rings (SSSR count). The molecule has 0 radical (unpaired) electrons. The summed E-state index contributed by atoms with van der Waals surface area (Å²) in [5.41, 5.74) is 10.2. The lowest BCUT2D eigenvalue weighted by Gasteiger charge is -2.21. The van der Waals surface area contributed by atoms with Crippen LogP contribution in [0.15, 0.2) is 5.11 Å². The number of ketones is 1. The van der Waals surface area contributed by atoms with E-state index in [-0.39, 0.29) is 41.7 Å². The standard InChI is InChI=1S/C16H20N4O6S/c1-4-25-16(22)13-12-9(5-8(2)6-10(12)21)20-7-11(26-27(3,23)24)14(15(13)20)18-19-17/h8,11,14H,4-7H2,1-3H3/t8?,11-,14+/m1/s1. The molecule has 27 heavy (non-hydrogen) atoms. The fourth-order valence-electron chi connectivity index (χ4n) is 3.90. The van der Waals surface area contributed by atoms with Crippen LogP contribution in [0.25, 0.3) is 10.4 Å². The second kappa shape index (κ2) is 6.99. The van der Waals surface area contributed by atoms with Crippen LogP contribution in [0.5, 0.6) is 0 Å². The van der Waals surface area contributed by atoms with Crippen molar-refractivity contribution in [1.82, 2.24) is 4.57 Å². The molecule has 1 aliphatic heterocycles. The number of Topliss-reactive ketones (excluding diaryl/α,β-unsaturated/α-hetero) is 1. The Bertz CT molecular complexity index is 960. The average molecular weight is 396 g/mol. The number of azide groups is 1. The Labute approximate surface area is 156 Å². The van der Waals surface area contributed by atoms with E-state index in [2.05, 4.69) is 10.0 Å². The highest BCUT2D eigenvalue weighted by atomic mass is 32.2. The number of carbonyl (C=O) groups excluding carboxylic acids is 2. The summed E-state index contributed by atoms with van der Waals surface area (Å²) >= 11 is 0. The van der Waals surface area contributed by atoms with Crippen LogP contribution in [0.1, 0.15) is 58.4 Å². The number of carbonyl (C=O) groups is 2. The summed E-state index contributed by atoms with van der Waals surface area (Å²) in [6.45, 7) is 3.74. The SMILES string of the molecule is CCOC(=O)c1c2c(n3c1[C@@H](N=[N+]=[N-])[C@H](OS(C)(=O)=O)C3)CC(C)CC2=O. The van der Waals surface area contributed by atoms with Gasteiger partial charge in [0.1, 0.15) is 12.1 Å². The maximum atomic E-state index is 12.7. The number of hydrogen-bond donors (Lipinski definition) is 0. The third-order valence-corrected chi connectivity index (χ3v) is 5.31. The van der Waals surface area contributed by atoms with Crippen molar-refractivity contribution in [3.63, 3.8) is 0 Å². The van der Waals surface area contributed by atoms with E-state index in [4.69, 9.17) is 14.5 Å². The van der Waals surface area contributed by atoms with Gasteiger partial charge in [0, 0.05) is 22.7 Å². The molecule has 3 atom stereocenters. The van der Waals surface area contributed by atoms with Crippen LogP contribution in [-0.2, 0) is 32.0 Å². The molecule has 0 spiro atoms. The van der Waals surface area contributed by atoms with E-state index < -0.39 is 28.2 Å². The fourth-order valence-corrected chi connectivity index (χ4v) is 4.51. The van der Waals surface area contributed by atoms with Gasteiger partial charge < -0.3 is 9.30 Å². The molecule has 2 aliphatic rings. The lowest BCUT2D eigenvalue weighted by Crippen LogP contribution is -2.26. The molecule has 0 bridgehead atoms. The predicted octanol–water partition coefficient (Wildman–Crippen LogP) is 2.14. The van der Waals surface area contributed by atoms with Crippen LogP contribution >= 0.6 is 0 Å². The Kier molecular flexibility index (Phi) is 5.02. The number of aromatic nitrogens is 1. The topological polar surface area (TPSA) is 140 Å². The van der Waals surface area contributed by atoms with Gasteiger partial charge in [-0.25, -0.2) is 4.79 Å². The first-order valence-electron chi connectivity index (χ1n) is 8.55. The maximum Gasteiger partial charge on any atom is 0.340 e. The van der Waals surface area contributed by atoms with Gasteiger partial charge in [-0.05, 0) is 24.8 Å². The van der Waals surface area contributed by atoms with Gasteiger partial charge >= 0.3 is 5.97 Å². The molecule has 1 aromatic heterocycles. The normalized spacial score (nSPS) is 24.1. The molecule has 1 aromatic rings. The van der Waals surface area contributed by atoms with E-state index in [9.17, 15) is 18.0 Å². The molecular weight excluding hydrogens is 376 g/mol. The van der Waals surface area contributed by atoms with E-state index in [1.54, 1.807) is 11.5 Å². The first-order valence-corrected chi connectivity index (χ1v) is 10.4. The first kappa shape index (κ1) is 19.4. The molecule has 0 saturated carbocycles.